The lowest BCUT2D eigenvalue weighted by Crippen LogP contribution is -2.26. The lowest BCUT2D eigenvalue weighted by Gasteiger charge is -2.27. The molecule has 0 saturated carbocycles. The van der Waals surface area contributed by atoms with E-state index in [2.05, 4.69) is 35.5 Å². The minimum absolute atomic E-state index is 0.282. The Morgan fingerprint density at radius 3 is 3.18 bits per heavy atom. The molecule has 0 aromatic carbocycles. The average Bonchev–Trinajstić information content (AvgIpc) is 2.88. The summed E-state index contributed by atoms with van der Waals surface area (Å²) in [5, 5.41) is 0. The van der Waals surface area contributed by atoms with Gasteiger partial charge in [-0.25, -0.2) is 0 Å². The second-order valence-corrected chi connectivity index (χ2v) is 7.43. The Morgan fingerprint density at radius 1 is 1.53 bits per heavy atom. The highest BCUT2D eigenvalue weighted by Crippen LogP contribution is 2.40. The van der Waals surface area contributed by atoms with Crippen molar-refractivity contribution in [3.63, 3.8) is 0 Å². The van der Waals surface area contributed by atoms with E-state index < -0.39 is 0 Å². The summed E-state index contributed by atoms with van der Waals surface area (Å²) in [6, 6.07) is 2.53. The molecular weight excluding hydrogens is 228 g/mol. The smallest absolute Gasteiger partial charge is 0.0367 e. The van der Waals surface area contributed by atoms with Crippen LogP contribution in [0.3, 0.4) is 0 Å². The molecular formula is C14H22N2S. The van der Waals surface area contributed by atoms with Gasteiger partial charge in [-0.15, -0.1) is 0 Å². The minimum atomic E-state index is 0.282. The normalized spacial score (nSPS) is 32.7. The van der Waals surface area contributed by atoms with Gasteiger partial charge in [-0.3, -0.25) is 0 Å². The van der Waals surface area contributed by atoms with Crippen LogP contribution in [0.25, 0.3) is 0 Å². The maximum atomic E-state index is 6.18. The number of rotatable bonds is 2. The Kier molecular flexibility index (Phi) is 2.99. The first-order chi connectivity index (χ1) is 8.18. The molecule has 3 rings (SSSR count). The van der Waals surface area contributed by atoms with E-state index in [0.29, 0.717) is 4.75 Å². The summed E-state index contributed by atoms with van der Waals surface area (Å²) < 4.78 is 2.93. The van der Waals surface area contributed by atoms with Gasteiger partial charge in [0.2, 0.25) is 0 Å². The predicted molar refractivity (Wildman–Crippen MR) is 74.4 cm³/mol. The fraction of sp³-hybridized carbons (Fsp3) is 0.714. The molecule has 94 valence electrons. The Hall–Kier alpha value is -0.410. The molecule has 0 bridgehead atoms. The van der Waals surface area contributed by atoms with Crippen LogP contribution in [0.5, 0.6) is 0 Å². The number of nitrogens with two attached hydrogens (primary N) is 1. The quantitative estimate of drug-likeness (QED) is 0.874. The van der Waals surface area contributed by atoms with Crippen LogP contribution >= 0.6 is 11.8 Å². The summed E-state index contributed by atoms with van der Waals surface area (Å²) in [7, 11) is 0. The Bertz CT molecular complexity index is 404. The van der Waals surface area contributed by atoms with Crippen molar-refractivity contribution in [1.29, 1.82) is 0 Å². The summed E-state index contributed by atoms with van der Waals surface area (Å²) in [5.74, 6) is 1.33. The van der Waals surface area contributed by atoms with Gasteiger partial charge in [0, 0.05) is 29.2 Å². The molecule has 1 aliphatic heterocycles. The van der Waals surface area contributed by atoms with Crippen molar-refractivity contribution in [2.45, 2.75) is 56.4 Å². The van der Waals surface area contributed by atoms with Crippen LogP contribution in [-0.2, 0) is 13.0 Å². The molecule has 3 heteroatoms. The van der Waals surface area contributed by atoms with E-state index in [-0.39, 0.29) is 6.04 Å². The Morgan fingerprint density at radius 2 is 2.41 bits per heavy atom. The first kappa shape index (κ1) is 11.7. The van der Waals surface area contributed by atoms with Gasteiger partial charge in [-0.1, -0.05) is 0 Å². The summed E-state index contributed by atoms with van der Waals surface area (Å²) >= 11 is 2.14. The van der Waals surface area contributed by atoms with Crippen molar-refractivity contribution in [3.8, 4) is 0 Å². The van der Waals surface area contributed by atoms with Crippen molar-refractivity contribution < 1.29 is 0 Å². The molecule has 1 fully saturated rings. The predicted octanol–water partition coefficient (Wildman–Crippen LogP) is 3.11. The molecule has 0 spiro atoms. The van der Waals surface area contributed by atoms with E-state index in [1.807, 2.05) is 0 Å². The lowest BCUT2D eigenvalue weighted by atomic mass is 9.93. The maximum absolute atomic E-state index is 6.18. The van der Waals surface area contributed by atoms with Crippen molar-refractivity contribution in [2.75, 3.05) is 5.75 Å². The van der Waals surface area contributed by atoms with Crippen LogP contribution in [0, 0.1) is 0 Å². The molecule has 0 amide bonds. The third-order valence-corrected chi connectivity index (χ3v) is 5.77. The summed E-state index contributed by atoms with van der Waals surface area (Å²) in [5.41, 5.74) is 9.10. The summed E-state index contributed by atoms with van der Waals surface area (Å²) in [6.07, 6.45) is 8.63. The zero-order valence-corrected chi connectivity index (χ0v) is 11.4. The number of nitrogens with zero attached hydrogens (tertiary/aromatic N) is 1. The number of aromatic nitrogens is 1. The molecule has 2 atom stereocenters. The van der Waals surface area contributed by atoms with Gasteiger partial charge in [0.1, 0.15) is 0 Å². The number of fused-ring (bicyclic) bond motifs is 1. The highest BCUT2D eigenvalue weighted by Gasteiger charge is 2.31. The van der Waals surface area contributed by atoms with Crippen molar-refractivity contribution in [3.05, 3.63) is 23.5 Å². The van der Waals surface area contributed by atoms with E-state index in [1.54, 1.807) is 0 Å². The van der Waals surface area contributed by atoms with E-state index in [9.17, 15) is 0 Å². The third kappa shape index (κ3) is 2.15. The minimum Gasteiger partial charge on any atom is -0.350 e. The summed E-state index contributed by atoms with van der Waals surface area (Å²) in [4.78, 5) is 0. The third-order valence-electron chi connectivity index (χ3n) is 4.25. The fourth-order valence-corrected chi connectivity index (χ4v) is 4.56. The molecule has 2 unspecified atom stereocenters. The first-order valence-corrected chi connectivity index (χ1v) is 7.74. The SMILES string of the molecule is CC1(Cn2ccc3c2CCCC3N)CCCS1. The molecule has 0 radical (unpaired) electrons. The monoisotopic (exact) mass is 250 g/mol. The number of hydrogen-bond acceptors (Lipinski definition) is 2. The standard InChI is InChI=1S/C14H22N2S/c1-14(7-3-9-17-14)10-16-8-6-11-12(15)4-2-5-13(11)16/h6,8,12H,2-5,7,9-10,15H2,1H3. The van der Waals surface area contributed by atoms with Crippen LogP contribution in [-0.4, -0.2) is 15.1 Å². The molecule has 1 aromatic rings. The number of hydrogen-bond donors (Lipinski definition) is 1. The van der Waals surface area contributed by atoms with Gasteiger partial charge >= 0.3 is 0 Å². The number of thioether (sulfide) groups is 1. The van der Waals surface area contributed by atoms with Crippen LogP contribution < -0.4 is 5.73 Å². The van der Waals surface area contributed by atoms with Gasteiger partial charge in [0.25, 0.3) is 0 Å². The molecule has 2 nitrogen and oxygen atoms in total. The molecule has 2 aliphatic rings. The van der Waals surface area contributed by atoms with Gasteiger partial charge in [0.15, 0.2) is 0 Å². The van der Waals surface area contributed by atoms with E-state index >= 15 is 0 Å². The molecule has 2 heterocycles. The molecule has 2 N–H and O–H groups in total. The molecule has 1 aromatic heterocycles. The summed E-state index contributed by atoms with van der Waals surface area (Å²) in [6.45, 7) is 3.58. The highest BCUT2D eigenvalue weighted by atomic mass is 32.2. The second kappa shape index (κ2) is 4.36. The fourth-order valence-electron chi connectivity index (χ4n) is 3.26. The average molecular weight is 250 g/mol. The highest BCUT2D eigenvalue weighted by molar-refractivity contribution is 8.00. The zero-order chi connectivity index (χ0) is 11.9. The largest absolute Gasteiger partial charge is 0.350 e. The van der Waals surface area contributed by atoms with Crippen molar-refractivity contribution >= 4 is 11.8 Å². The Labute approximate surface area is 108 Å². The van der Waals surface area contributed by atoms with Crippen LogP contribution in [0.15, 0.2) is 12.3 Å². The topological polar surface area (TPSA) is 30.9 Å². The van der Waals surface area contributed by atoms with E-state index in [1.165, 1.54) is 49.2 Å². The van der Waals surface area contributed by atoms with E-state index in [4.69, 9.17) is 5.73 Å². The molecule has 17 heavy (non-hydrogen) atoms. The van der Waals surface area contributed by atoms with Crippen LogP contribution in [0.4, 0.5) is 0 Å². The lowest BCUT2D eigenvalue weighted by molar-refractivity contribution is 0.480. The van der Waals surface area contributed by atoms with Crippen molar-refractivity contribution in [1.82, 2.24) is 4.57 Å². The Balaban J connectivity index is 1.84. The van der Waals surface area contributed by atoms with Crippen molar-refractivity contribution in [2.24, 2.45) is 5.73 Å². The van der Waals surface area contributed by atoms with Crippen LogP contribution in [0.1, 0.15) is 49.9 Å². The maximum Gasteiger partial charge on any atom is 0.0367 e. The van der Waals surface area contributed by atoms with Gasteiger partial charge in [-0.2, -0.15) is 11.8 Å². The van der Waals surface area contributed by atoms with Gasteiger partial charge in [0.05, 0.1) is 0 Å². The molecule has 1 aliphatic carbocycles. The van der Waals surface area contributed by atoms with Gasteiger partial charge < -0.3 is 10.3 Å². The molecule has 1 saturated heterocycles. The second-order valence-electron chi connectivity index (χ2n) is 5.75. The zero-order valence-electron chi connectivity index (χ0n) is 10.6. The van der Waals surface area contributed by atoms with E-state index in [0.717, 1.165) is 6.42 Å². The van der Waals surface area contributed by atoms with Gasteiger partial charge in [-0.05, 0) is 56.4 Å². The van der Waals surface area contributed by atoms with Crippen LogP contribution in [0.2, 0.25) is 0 Å². The first-order valence-electron chi connectivity index (χ1n) is 6.75.